The average Bonchev–Trinajstić information content (AvgIpc) is 3.09. The third-order valence-electron chi connectivity index (χ3n) is 5.21. The number of aromatic hydroxyl groups is 1. The van der Waals surface area contributed by atoms with Crippen LogP contribution in [0.2, 0.25) is 0 Å². The third-order valence-corrected chi connectivity index (χ3v) is 5.21. The second-order valence-electron chi connectivity index (χ2n) is 6.78. The van der Waals surface area contributed by atoms with Gasteiger partial charge in [-0.3, -0.25) is 0 Å². The molecular weight excluding hydrogens is 308 g/mol. The molecule has 0 fully saturated rings. The van der Waals surface area contributed by atoms with Gasteiger partial charge in [0.1, 0.15) is 11.5 Å². The van der Waals surface area contributed by atoms with Gasteiger partial charge in [0.2, 0.25) is 0 Å². The molecule has 0 amide bonds. The predicted octanol–water partition coefficient (Wildman–Crippen LogP) is 4.87. The van der Waals surface area contributed by atoms with E-state index in [1.807, 2.05) is 12.1 Å². The van der Waals surface area contributed by atoms with Gasteiger partial charge in [-0.15, -0.1) is 0 Å². The molecule has 25 heavy (non-hydrogen) atoms. The second-order valence-corrected chi connectivity index (χ2v) is 6.78. The lowest BCUT2D eigenvalue weighted by atomic mass is 9.94. The topological polar surface area (TPSA) is 29.5 Å². The molecule has 0 aliphatic heterocycles. The maximum absolute atomic E-state index is 9.47. The minimum atomic E-state index is 0.321. The Morgan fingerprint density at radius 3 is 2.40 bits per heavy atom. The van der Waals surface area contributed by atoms with Gasteiger partial charge in [0.15, 0.2) is 0 Å². The maximum Gasteiger partial charge on any atom is 0.118 e. The highest BCUT2D eigenvalue weighted by Gasteiger charge is 2.24. The molecule has 0 radical (unpaired) electrons. The Bertz CT molecular complexity index is 864. The van der Waals surface area contributed by atoms with E-state index in [2.05, 4.69) is 42.5 Å². The zero-order valence-corrected chi connectivity index (χ0v) is 14.4. The van der Waals surface area contributed by atoms with Crippen molar-refractivity contribution in [1.82, 2.24) is 0 Å². The van der Waals surface area contributed by atoms with Crippen molar-refractivity contribution in [2.24, 2.45) is 0 Å². The molecule has 1 unspecified atom stereocenters. The summed E-state index contributed by atoms with van der Waals surface area (Å²) in [4.78, 5) is 0. The van der Waals surface area contributed by atoms with E-state index in [4.69, 9.17) is 4.74 Å². The Labute approximate surface area is 148 Å². The molecule has 0 saturated heterocycles. The van der Waals surface area contributed by atoms with Crippen LogP contribution in [0.3, 0.4) is 0 Å². The highest BCUT2D eigenvalue weighted by Crippen LogP contribution is 2.37. The van der Waals surface area contributed by atoms with Crippen molar-refractivity contribution in [2.45, 2.75) is 25.2 Å². The summed E-state index contributed by atoms with van der Waals surface area (Å²) >= 11 is 0. The number of phenols is 1. The van der Waals surface area contributed by atoms with E-state index >= 15 is 0 Å². The highest BCUT2D eigenvalue weighted by atomic mass is 16.5. The molecule has 1 aliphatic carbocycles. The van der Waals surface area contributed by atoms with Crippen LogP contribution in [0.5, 0.6) is 11.5 Å². The molecule has 4 rings (SSSR count). The van der Waals surface area contributed by atoms with Crippen LogP contribution in [0.4, 0.5) is 0 Å². The van der Waals surface area contributed by atoms with Crippen LogP contribution in [0.15, 0.2) is 66.7 Å². The average molecular weight is 330 g/mol. The summed E-state index contributed by atoms with van der Waals surface area (Å²) in [5, 5.41) is 9.47. The summed E-state index contributed by atoms with van der Waals surface area (Å²) in [6.45, 7) is 0. The molecule has 1 aliphatic rings. The molecule has 1 N–H and O–H groups in total. The summed E-state index contributed by atoms with van der Waals surface area (Å²) in [7, 11) is 1.70. The van der Waals surface area contributed by atoms with E-state index in [1.54, 1.807) is 19.2 Å². The Balaban J connectivity index is 1.57. The Hall–Kier alpha value is -2.74. The summed E-state index contributed by atoms with van der Waals surface area (Å²) in [6, 6.07) is 22.7. The monoisotopic (exact) mass is 330 g/mol. The third kappa shape index (κ3) is 3.25. The number of rotatable bonds is 4. The van der Waals surface area contributed by atoms with Crippen LogP contribution in [-0.2, 0) is 19.3 Å². The Morgan fingerprint density at radius 1 is 0.920 bits per heavy atom. The minimum Gasteiger partial charge on any atom is -0.508 e. The van der Waals surface area contributed by atoms with Gasteiger partial charge in [-0.2, -0.15) is 0 Å². The number of hydrogen-bond acceptors (Lipinski definition) is 2. The molecule has 3 aromatic rings. The quantitative estimate of drug-likeness (QED) is 0.739. The standard InChI is InChI=1S/C23H22O2/c1-25-22-11-7-17(8-12-22)20-14-19-4-2-3-18(23(19)15-20)13-16-5-9-21(24)10-6-16/h2-12,20,24H,13-15H2,1H3. The summed E-state index contributed by atoms with van der Waals surface area (Å²) in [6.07, 6.45) is 3.11. The molecule has 2 heteroatoms. The highest BCUT2D eigenvalue weighted by molar-refractivity contribution is 5.45. The summed E-state index contributed by atoms with van der Waals surface area (Å²) < 4.78 is 5.27. The predicted molar refractivity (Wildman–Crippen MR) is 100 cm³/mol. The van der Waals surface area contributed by atoms with Crippen LogP contribution in [-0.4, -0.2) is 12.2 Å². The molecule has 0 heterocycles. The van der Waals surface area contributed by atoms with Gasteiger partial charge in [-0.25, -0.2) is 0 Å². The normalized spacial score (nSPS) is 15.8. The molecule has 1 atom stereocenters. The number of benzene rings is 3. The van der Waals surface area contributed by atoms with Crippen LogP contribution in [0, 0.1) is 0 Å². The van der Waals surface area contributed by atoms with Crippen molar-refractivity contribution in [2.75, 3.05) is 7.11 Å². The SMILES string of the molecule is COc1ccc(C2Cc3cccc(Cc4ccc(O)cc4)c3C2)cc1. The van der Waals surface area contributed by atoms with E-state index in [9.17, 15) is 5.11 Å². The first-order chi connectivity index (χ1) is 12.2. The fourth-order valence-electron chi connectivity index (χ4n) is 3.84. The van der Waals surface area contributed by atoms with E-state index in [1.165, 1.54) is 27.8 Å². The van der Waals surface area contributed by atoms with E-state index in [0.29, 0.717) is 11.7 Å². The lowest BCUT2D eigenvalue weighted by molar-refractivity contribution is 0.414. The molecule has 0 aromatic heterocycles. The van der Waals surface area contributed by atoms with Crippen LogP contribution in [0.25, 0.3) is 0 Å². The van der Waals surface area contributed by atoms with Crippen molar-refractivity contribution in [3.63, 3.8) is 0 Å². The number of methoxy groups -OCH3 is 1. The number of fused-ring (bicyclic) bond motifs is 1. The maximum atomic E-state index is 9.47. The smallest absolute Gasteiger partial charge is 0.118 e. The summed E-state index contributed by atoms with van der Waals surface area (Å²) in [5.41, 5.74) is 6.99. The van der Waals surface area contributed by atoms with E-state index in [-0.39, 0.29) is 0 Å². The molecule has 0 saturated carbocycles. The summed E-state index contributed by atoms with van der Waals surface area (Å²) in [5.74, 6) is 1.77. The first-order valence-electron chi connectivity index (χ1n) is 8.74. The van der Waals surface area contributed by atoms with Gasteiger partial charge in [-0.1, -0.05) is 42.5 Å². The first kappa shape index (κ1) is 15.8. The fraction of sp³-hybridized carbons (Fsp3) is 0.217. The largest absolute Gasteiger partial charge is 0.508 e. The number of phenolic OH excluding ortho intramolecular Hbond substituents is 1. The Morgan fingerprint density at radius 2 is 1.68 bits per heavy atom. The second kappa shape index (κ2) is 6.64. The van der Waals surface area contributed by atoms with Crippen molar-refractivity contribution in [3.8, 4) is 11.5 Å². The zero-order valence-electron chi connectivity index (χ0n) is 14.4. The van der Waals surface area contributed by atoms with Crippen molar-refractivity contribution in [3.05, 3.63) is 94.5 Å². The van der Waals surface area contributed by atoms with Crippen molar-refractivity contribution >= 4 is 0 Å². The first-order valence-corrected chi connectivity index (χ1v) is 8.74. The molecule has 0 spiro atoms. The lowest BCUT2D eigenvalue weighted by Crippen LogP contribution is -1.99. The van der Waals surface area contributed by atoms with Gasteiger partial charge < -0.3 is 9.84 Å². The van der Waals surface area contributed by atoms with Crippen molar-refractivity contribution < 1.29 is 9.84 Å². The van der Waals surface area contributed by atoms with Gasteiger partial charge >= 0.3 is 0 Å². The van der Waals surface area contributed by atoms with Gasteiger partial charge in [0.25, 0.3) is 0 Å². The van der Waals surface area contributed by atoms with Crippen LogP contribution in [0.1, 0.15) is 33.7 Å². The zero-order chi connectivity index (χ0) is 17.2. The van der Waals surface area contributed by atoms with E-state index in [0.717, 1.165) is 25.0 Å². The van der Waals surface area contributed by atoms with Crippen LogP contribution < -0.4 is 4.74 Å². The number of hydrogen-bond donors (Lipinski definition) is 1. The molecular formula is C23H22O2. The molecule has 2 nitrogen and oxygen atoms in total. The molecule has 126 valence electrons. The van der Waals surface area contributed by atoms with E-state index < -0.39 is 0 Å². The number of ether oxygens (including phenoxy) is 1. The Kier molecular flexibility index (Phi) is 4.19. The van der Waals surface area contributed by atoms with Crippen LogP contribution >= 0.6 is 0 Å². The van der Waals surface area contributed by atoms with Gasteiger partial charge in [0.05, 0.1) is 7.11 Å². The molecule has 0 bridgehead atoms. The molecule has 3 aromatic carbocycles. The minimum absolute atomic E-state index is 0.321. The van der Waals surface area contributed by atoms with Gasteiger partial charge in [-0.05, 0) is 77.3 Å². The lowest BCUT2D eigenvalue weighted by Gasteiger charge is -2.11. The van der Waals surface area contributed by atoms with Gasteiger partial charge in [0, 0.05) is 0 Å². The fourth-order valence-corrected chi connectivity index (χ4v) is 3.84. The van der Waals surface area contributed by atoms with Crippen molar-refractivity contribution in [1.29, 1.82) is 0 Å².